The number of rotatable bonds is 8. The molecule has 164 valence electrons. The number of pyridine rings is 2. The first kappa shape index (κ1) is 21.3. The fourth-order valence-electron chi connectivity index (χ4n) is 4.08. The monoisotopic (exact) mass is 421 g/mol. The second kappa shape index (κ2) is 9.47. The number of aromatic nitrogens is 2. The molecule has 31 heavy (non-hydrogen) atoms. The van der Waals surface area contributed by atoms with Gasteiger partial charge in [-0.1, -0.05) is 6.08 Å². The third-order valence-corrected chi connectivity index (χ3v) is 6.01. The van der Waals surface area contributed by atoms with Crippen LogP contribution in [0.1, 0.15) is 19.3 Å². The van der Waals surface area contributed by atoms with Crippen molar-refractivity contribution >= 4 is 11.6 Å². The molecule has 7 nitrogen and oxygen atoms in total. The second-order valence-electron chi connectivity index (χ2n) is 8.83. The molecule has 1 unspecified atom stereocenters. The number of hydrogen-bond donors (Lipinski definition) is 1. The van der Waals surface area contributed by atoms with Crippen LogP contribution in [0.25, 0.3) is 11.1 Å². The van der Waals surface area contributed by atoms with Crippen LogP contribution in [0.3, 0.4) is 0 Å². The zero-order valence-corrected chi connectivity index (χ0v) is 18.3. The summed E-state index contributed by atoms with van der Waals surface area (Å²) >= 11 is 0. The Hall–Kier alpha value is -2.93. The molecular formula is C24H31N5O2. The van der Waals surface area contributed by atoms with E-state index >= 15 is 0 Å². The Labute approximate surface area is 183 Å². The largest absolute Gasteiger partial charge is 0.362 e. The van der Waals surface area contributed by atoms with E-state index in [0.717, 1.165) is 37.2 Å². The minimum Gasteiger partial charge on any atom is -0.362 e. The molecule has 2 aromatic heterocycles. The van der Waals surface area contributed by atoms with Crippen molar-refractivity contribution in [1.82, 2.24) is 19.8 Å². The minimum absolute atomic E-state index is 0.0511. The van der Waals surface area contributed by atoms with Crippen LogP contribution in [0.4, 0.5) is 5.69 Å². The Morgan fingerprint density at radius 1 is 1.23 bits per heavy atom. The van der Waals surface area contributed by atoms with Gasteiger partial charge in [-0.15, -0.1) is 0 Å². The van der Waals surface area contributed by atoms with Crippen molar-refractivity contribution in [2.75, 3.05) is 45.2 Å². The fraction of sp³-hybridized carbons (Fsp3) is 0.458. The van der Waals surface area contributed by atoms with Gasteiger partial charge in [-0.3, -0.25) is 14.6 Å². The van der Waals surface area contributed by atoms with Gasteiger partial charge < -0.3 is 19.7 Å². The van der Waals surface area contributed by atoms with Crippen molar-refractivity contribution in [3.8, 4) is 11.1 Å². The van der Waals surface area contributed by atoms with Crippen LogP contribution in [0, 0.1) is 5.92 Å². The highest BCUT2D eigenvalue weighted by Crippen LogP contribution is 2.33. The number of carbonyl (C=O) groups excluding carboxylic acids is 1. The summed E-state index contributed by atoms with van der Waals surface area (Å²) < 4.78 is 0. The van der Waals surface area contributed by atoms with E-state index < -0.39 is 0 Å². The summed E-state index contributed by atoms with van der Waals surface area (Å²) in [6, 6.07) is 6.02. The van der Waals surface area contributed by atoms with Gasteiger partial charge in [-0.2, -0.15) is 0 Å². The van der Waals surface area contributed by atoms with Gasteiger partial charge in [0.1, 0.15) is 5.69 Å². The molecular weight excluding hydrogens is 390 g/mol. The van der Waals surface area contributed by atoms with E-state index in [1.54, 1.807) is 24.7 Å². The number of anilines is 1. The molecule has 1 N–H and O–H groups in total. The molecule has 2 aromatic rings. The lowest BCUT2D eigenvalue weighted by molar-refractivity contribution is -0.125. The van der Waals surface area contributed by atoms with Crippen LogP contribution in [0.2, 0.25) is 0 Å². The maximum atomic E-state index is 12.8. The van der Waals surface area contributed by atoms with Crippen molar-refractivity contribution in [1.29, 1.82) is 0 Å². The van der Waals surface area contributed by atoms with Crippen molar-refractivity contribution in [2.45, 2.75) is 25.3 Å². The number of likely N-dealkylation sites (N-methyl/N-ethyl adjacent to an activating group) is 1. The highest BCUT2D eigenvalue weighted by molar-refractivity contribution is 5.88. The summed E-state index contributed by atoms with van der Waals surface area (Å²) in [5, 5.41) is 0. The van der Waals surface area contributed by atoms with Gasteiger partial charge in [0.05, 0.1) is 0 Å². The maximum Gasteiger partial charge on any atom is 0.271 e. The van der Waals surface area contributed by atoms with E-state index in [0.29, 0.717) is 18.2 Å². The summed E-state index contributed by atoms with van der Waals surface area (Å²) in [5.41, 5.74) is 2.61. The zero-order chi connectivity index (χ0) is 21.8. The highest BCUT2D eigenvalue weighted by Gasteiger charge is 2.34. The molecule has 2 aliphatic rings. The molecule has 0 aromatic carbocycles. The number of hydrogen-bond acceptors (Lipinski definition) is 5. The summed E-state index contributed by atoms with van der Waals surface area (Å²) in [5.74, 6) is 0.684. The molecule has 1 amide bonds. The Kier molecular flexibility index (Phi) is 6.51. The summed E-state index contributed by atoms with van der Waals surface area (Å²) in [6.07, 6.45) is 12.1. The predicted octanol–water partition coefficient (Wildman–Crippen LogP) is 2.37. The number of likely N-dealkylation sites (tertiary alicyclic amines) is 1. The first-order valence-corrected chi connectivity index (χ1v) is 11.0. The Balaban J connectivity index is 1.54. The molecule has 0 spiro atoms. The average molecular weight is 422 g/mol. The molecule has 3 heterocycles. The Bertz CT molecular complexity index is 981. The number of aromatic amines is 1. The maximum absolute atomic E-state index is 12.8. The Morgan fingerprint density at radius 2 is 2.00 bits per heavy atom. The molecule has 7 heteroatoms. The number of amides is 1. The van der Waals surface area contributed by atoms with Crippen molar-refractivity contribution in [3.05, 3.63) is 59.3 Å². The zero-order valence-electron chi connectivity index (χ0n) is 18.3. The highest BCUT2D eigenvalue weighted by atomic mass is 16.2. The van der Waals surface area contributed by atoms with Gasteiger partial charge in [0.15, 0.2) is 0 Å². The first-order chi connectivity index (χ1) is 15.0. The summed E-state index contributed by atoms with van der Waals surface area (Å²) in [6.45, 7) is 2.98. The van der Waals surface area contributed by atoms with Gasteiger partial charge in [0, 0.05) is 62.5 Å². The van der Waals surface area contributed by atoms with Crippen LogP contribution in [-0.2, 0) is 4.79 Å². The van der Waals surface area contributed by atoms with Gasteiger partial charge in [0.2, 0.25) is 5.91 Å². The van der Waals surface area contributed by atoms with Crippen molar-refractivity contribution in [3.63, 3.8) is 0 Å². The predicted molar refractivity (Wildman–Crippen MR) is 123 cm³/mol. The van der Waals surface area contributed by atoms with E-state index in [1.165, 1.54) is 12.8 Å². The summed E-state index contributed by atoms with van der Waals surface area (Å²) in [4.78, 5) is 38.6. The van der Waals surface area contributed by atoms with Gasteiger partial charge >= 0.3 is 0 Å². The SMILES string of the molecule is CN(C)CC=CC(=O)N1CCC(N(CC2CC2)c2cc(-c3ccncc3)c[nH]c2=O)C1. The third-order valence-electron chi connectivity index (χ3n) is 6.01. The van der Waals surface area contributed by atoms with E-state index in [9.17, 15) is 9.59 Å². The fourth-order valence-corrected chi connectivity index (χ4v) is 4.08. The van der Waals surface area contributed by atoms with Crippen LogP contribution in [-0.4, -0.2) is 72.0 Å². The number of H-pyrrole nitrogens is 1. The van der Waals surface area contributed by atoms with E-state index in [-0.39, 0.29) is 17.5 Å². The molecule has 1 saturated heterocycles. The topological polar surface area (TPSA) is 72.5 Å². The standard InChI is InChI=1S/C24H31N5O2/c1-27(2)12-3-4-23(30)28-13-9-21(17-28)29(16-18-5-6-18)22-14-20(15-26-24(22)31)19-7-10-25-11-8-19/h3-4,7-8,10-11,14-15,18,21H,5-6,9,12-13,16-17H2,1-2H3,(H,26,31). The second-order valence-corrected chi connectivity index (χ2v) is 8.83. The first-order valence-electron chi connectivity index (χ1n) is 11.0. The van der Waals surface area contributed by atoms with Crippen molar-refractivity contribution < 1.29 is 4.79 Å². The van der Waals surface area contributed by atoms with Gasteiger partial charge in [-0.25, -0.2) is 0 Å². The third kappa shape index (κ3) is 5.41. The van der Waals surface area contributed by atoms with E-state index in [2.05, 4.69) is 14.9 Å². The minimum atomic E-state index is -0.0749. The van der Waals surface area contributed by atoms with Crippen LogP contribution < -0.4 is 10.5 Å². The summed E-state index contributed by atoms with van der Waals surface area (Å²) in [7, 11) is 3.96. The van der Waals surface area contributed by atoms with E-state index in [4.69, 9.17) is 0 Å². The van der Waals surface area contributed by atoms with Crippen LogP contribution >= 0.6 is 0 Å². The lowest BCUT2D eigenvalue weighted by Crippen LogP contribution is -2.42. The number of nitrogens with zero attached hydrogens (tertiary/aromatic N) is 4. The molecule has 1 atom stereocenters. The normalized spacial score (nSPS) is 18.8. The molecule has 1 saturated carbocycles. The lowest BCUT2D eigenvalue weighted by Gasteiger charge is -2.31. The number of carbonyl (C=O) groups is 1. The van der Waals surface area contributed by atoms with Gasteiger partial charge in [0.25, 0.3) is 5.56 Å². The van der Waals surface area contributed by atoms with Crippen molar-refractivity contribution in [2.24, 2.45) is 5.92 Å². The van der Waals surface area contributed by atoms with E-state index in [1.807, 2.05) is 48.2 Å². The molecule has 2 fully saturated rings. The van der Waals surface area contributed by atoms with Crippen LogP contribution in [0.15, 0.2) is 53.7 Å². The quantitative estimate of drug-likeness (QED) is 0.663. The van der Waals surface area contributed by atoms with Crippen LogP contribution in [0.5, 0.6) is 0 Å². The smallest absolute Gasteiger partial charge is 0.271 e. The average Bonchev–Trinajstić information content (AvgIpc) is 3.46. The molecule has 1 aliphatic carbocycles. The Morgan fingerprint density at radius 3 is 2.71 bits per heavy atom. The van der Waals surface area contributed by atoms with Gasteiger partial charge in [-0.05, 0) is 63.0 Å². The molecule has 0 radical (unpaired) electrons. The molecule has 4 rings (SSSR count). The molecule has 1 aliphatic heterocycles. The molecule has 0 bridgehead atoms. The number of nitrogens with one attached hydrogen (secondary N) is 1. The lowest BCUT2D eigenvalue weighted by atomic mass is 10.1.